The van der Waals surface area contributed by atoms with Crippen LogP contribution in [0, 0.1) is 5.82 Å². The number of hydrogen-bond donors (Lipinski definition) is 0. The number of halogens is 1. The molecule has 2 aliphatic heterocycles. The van der Waals surface area contributed by atoms with Gasteiger partial charge in [0.1, 0.15) is 12.4 Å². The lowest BCUT2D eigenvalue weighted by Crippen LogP contribution is -2.68. The summed E-state index contributed by atoms with van der Waals surface area (Å²) in [4.78, 5) is 28.8. The number of hydrogen-bond acceptors (Lipinski definition) is 3. The molecule has 2 saturated heterocycles. The summed E-state index contributed by atoms with van der Waals surface area (Å²) in [5, 5.41) is 0. The lowest BCUT2D eigenvalue weighted by molar-refractivity contribution is -0.149. The maximum atomic E-state index is 14.1. The van der Waals surface area contributed by atoms with Crippen molar-refractivity contribution in [3.63, 3.8) is 0 Å². The van der Waals surface area contributed by atoms with E-state index in [4.69, 9.17) is 4.74 Å². The van der Waals surface area contributed by atoms with Gasteiger partial charge in [0.25, 0.3) is 11.8 Å². The Balaban J connectivity index is 1.65. The summed E-state index contributed by atoms with van der Waals surface area (Å²) in [6.07, 6.45) is 0.578. The first-order valence-corrected chi connectivity index (χ1v) is 9.04. The number of likely N-dealkylation sites (tertiary alicyclic amines) is 1. The molecule has 0 aliphatic carbocycles. The number of piperidine rings is 1. The zero-order valence-corrected chi connectivity index (χ0v) is 15.1. The Morgan fingerprint density at radius 3 is 2.59 bits per heavy atom. The zero-order valence-electron chi connectivity index (χ0n) is 15.1. The van der Waals surface area contributed by atoms with Crippen LogP contribution in [0.1, 0.15) is 23.7 Å². The van der Waals surface area contributed by atoms with Gasteiger partial charge in [0.05, 0.1) is 17.2 Å². The Hall–Kier alpha value is -2.73. The Morgan fingerprint density at radius 1 is 1.15 bits per heavy atom. The number of nitrogens with zero attached hydrogens (tertiary/aromatic N) is 2. The lowest BCUT2D eigenvalue weighted by Gasteiger charge is -2.52. The fraction of sp³-hybridized carbons (Fsp3) is 0.333. The highest BCUT2D eigenvalue weighted by atomic mass is 19.1. The van der Waals surface area contributed by atoms with Crippen molar-refractivity contribution >= 4 is 17.5 Å². The van der Waals surface area contributed by atoms with E-state index in [1.165, 1.54) is 12.1 Å². The molecule has 0 radical (unpaired) electrons. The van der Waals surface area contributed by atoms with E-state index >= 15 is 0 Å². The molecule has 5 nitrogen and oxygen atoms in total. The number of carbonyl (C=O) groups is 2. The number of fused-ring (bicyclic) bond motifs is 1. The molecule has 0 N–H and O–H groups in total. The van der Waals surface area contributed by atoms with E-state index in [9.17, 15) is 14.0 Å². The van der Waals surface area contributed by atoms with Crippen LogP contribution in [-0.2, 0) is 9.53 Å². The number of benzene rings is 2. The van der Waals surface area contributed by atoms with Crippen LogP contribution in [0.25, 0.3) is 0 Å². The largest absolute Gasteiger partial charge is 0.363 e. The van der Waals surface area contributed by atoms with Crippen LogP contribution in [0.15, 0.2) is 54.6 Å². The Kier molecular flexibility index (Phi) is 4.44. The number of amides is 2. The molecule has 2 heterocycles. The second-order valence-electron chi connectivity index (χ2n) is 7.20. The predicted octanol–water partition coefficient (Wildman–Crippen LogP) is 2.86. The normalized spacial score (nSPS) is 25.3. The molecular weight excluding hydrogens is 347 g/mol. The highest BCUT2D eigenvalue weighted by Gasteiger charge is 2.50. The van der Waals surface area contributed by atoms with Crippen LogP contribution < -0.4 is 4.90 Å². The second kappa shape index (κ2) is 6.78. The average Bonchev–Trinajstić information content (AvgIpc) is 2.69. The summed E-state index contributed by atoms with van der Waals surface area (Å²) < 4.78 is 20.0. The molecule has 2 aromatic carbocycles. The quantitative estimate of drug-likeness (QED) is 0.819. The summed E-state index contributed by atoms with van der Waals surface area (Å²) in [5.74, 6) is -1.03. The molecule has 0 aromatic heterocycles. The van der Waals surface area contributed by atoms with Gasteiger partial charge in [0.15, 0.2) is 0 Å². The van der Waals surface area contributed by atoms with Gasteiger partial charge in [0, 0.05) is 18.8 Å². The monoisotopic (exact) mass is 368 g/mol. The summed E-state index contributed by atoms with van der Waals surface area (Å²) in [6, 6.07) is 15.0. The lowest BCUT2D eigenvalue weighted by atomic mass is 9.85. The standard InChI is InChI=1S/C21H21FN2O3/c1-21-11-12-23(20(26)16-9-5-6-10-17(16)22)13-18(21)24(19(25)14-27-21)15-7-3-2-4-8-15/h2-10,18H,11-14H2,1H3/t18-,21-/m1/s1. The average molecular weight is 368 g/mol. The maximum absolute atomic E-state index is 14.1. The van der Waals surface area contributed by atoms with Crippen molar-refractivity contribution in [3.8, 4) is 0 Å². The number of ether oxygens (including phenoxy) is 1. The van der Waals surface area contributed by atoms with Gasteiger partial charge in [-0.2, -0.15) is 0 Å². The number of para-hydroxylation sites is 1. The molecule has 0 saturated carbocycles. The van der Waals surface area contributed by atoms with Crippen LogP contribution in [0.4, 0.5) is 10.1 Å². The Labute approximate surface area is 157 Å². The molecule has 0 bridgehead atoms. The highest BCUT2D eigenvalue weighted by molar-refractivity contribution is 5.97. The van der Waals surface area contributed by atoms with Crippen molar-refractivity contribution in [1.29, 1.82) is 0 Å². The first-order chi connectivity index (χ1) is 13.0. The van der Waals surface area contributed by atoms with Gasteiger partial charge in [-0.1, -0.05) is 30.3 Å². The molecule has 0 spiro atoms. The van der Waals surface area contributed by atoms with Gasteiger partial charge in [-0.25, -0.2) is 4.39 Å². The molecule has 2 atom stereocenters. The summed E-state index contributed by atoms with van der Waals surface area (Å²) in [6.45, 7) is 2.75. The van der Waals surface area contributed by atoms with Crippen molar-refractivity contribution in [1.82, 2.24) is 4.90 Å². The van der Waals surface area contributed by atoms with Crippen LogP contribution in [0.2, 0.25) is 0 Å². The van der Waals surface area contributed by atoms with E-state index in [1.54, 1.807) is 21.9 Å². The number of anilines is 1. The predicted molar refractivity (Wildman–Crippen MR) is 99.0 cm³/mol. The fourth-order valence-electron chi connectivity index (χ4n) is 3.91. The van der Waals surface area contributed by atoms with Gasteiger partial charge in [0.2, 0.25) is 0 Å². The topological polar surface area (TPSA) is 49.9 Å². The van der Waals surface area contributed by atoms with E-state index in [0.717, 1.165) is 5.69 Å². The van der Waals surface area contributed by atoms with Gasteiger partial charge in [-0.15, -0.1) is 0 Å². The third-order valence-corrected chi connectivity index (χ3v) is 5.51. The van der Waals surface area contributed by atoms with E-state index < -0.39 is 11.4 Å². The van der Waals surface area contributed by atoms with Gasteiger partial charge in [-0.05, 0) is 37.6 Å². The van der Waals surface area contributed by atoms with E-state index in [0.29, 0.717) is 19.5 Å². The van der Waals surface area contributed by atoms with Crippen molar-refractivity contribution in [3.05, 3.63) is 66.0 Å². The first kappa shape index (κ1) is 17.7. The SMILES string of the molecule is C[C@@]12CCN(C(=O)c3ccccc3F)C[C@H]1N(c1ccccc1)C(=O)CO2. The van der Waals surface area contributed by atoms with Crippen LogP contribution >= 0.6 is 0 Å². The van der Waals surface area contributed by atoms with Gasteiger partial charge >= 0.3 is 0 Å². The minimum atomic E-state index is -0.546. The molecule has 6 heteroatoms. The molecule has 4 rings (SSSR count). The Morgan fingerprint density at radius 2 is 1.85 bits per heavy atom. The van der Waals surface area contributed by atoms with Gasteiger partial charge < -0.3 is 14.5 Å². The number of morpholine rings is 1. The van der Waals surface area contributed by atoms with Crippen molar-refractivity contribution in [2.45, 2.75) is 25.0 Å². The zero-order chi connectivity index (χ0) is 19.0. The first-order valence-electron chi connectivity index (χ1n) is 9.04. The van der Waals surface area contributed by atoms with E-state index in [2.05, 4.69) is 0 Å². The maximum Gasteiger partial charge on any atom is 0.256 e. The minimum Gasteiger partial charge on any atom is -0.363 e. The third kappa shape index (κ3) is 3.10. The molecule has 140 valence electrons. The molecule has 2 aliphatic rings. The molecule has 2 amide bonds. The fourth-order valence-corrected chi connectivity index (χ4v) is 3.91. The van der Waals surface area contributed by atoms with Crippen molar-refractivity contribution < 1.29 is 18.7 Å². The van der Waals surface area contributed by atoms with Crippen LogP contribution in [-0.4, -0.2) is 48.1 Å². The molecule has 27 heavy (non-hydrogen) atoms. The number of carbonyl (C=O) groups excluding carboxylic acids is 2. The second-order valence-corrected chi connectivity index (χ2v) is 7.20. The summed E-state index contributed by atoms with van der Waals surface area (Å²) in [7, 11) is 0. The van der Waals surface area contributed by atoms with Crippen LogP contribution in [0.3, 0.4) is 0 Å². The van der Waals surface area contributed by atoms with Crippen molar-refractivity contribution in [2.75, 3.05) is 24.6 Å². The van der Waals surface area contributed by atoms with E-state index in [1.807, 2.05) is 37.3 Å². The molecule has 2 fully saturated rings. The molecule has 2 aromatic rings. The molecule has 0 unspecified atom stereocenters. The van der Waals surface area contributed by atoms with Crippen molar-refractivity contribution in [2.24, 2.45) is 0 Å². The number of rotatable bonds is 2. The van der Waals surface area contributed by atoms with Crippen LogP contribution in [0.5, 0.6) is 0 Å². The minimum absolute atomic E-state index is 0.0170. The van der Waals surface area contributed by atoms with Gasteiger partial charge in [-0.3, -0.25) is 9.59 Å². The van der Waals surface area contributed by atoms with E-state index in [-0.39, 0.29) is 30.0 Å². The summed E-state index contributed by atoms with van der Waals surface area (Å²) >= 11 is 0. The third-order valence-electron chi connectivity index (χ3n) is 5.51. The Bertz CT molecular complexity index is 873. The smallest absolute Gasteiger partial charge is 0.256 e. The summed E-state index contributed by atoms with van der Waals surface area (Å²) in [5.41, 5.74) is 0.285. The highest BCUT2D eigenvalue weighted by Crippen LogP contribution is 2.36. The molecular formula is C21H21FN2O3.